The van der Waals surface area contributed by atoms with Crippen LogP contribution in [-0.2, 0) is 13.0 Å². The van der Waals surface area contributed by atoms with Crippen molar-refractivity contribution >= 4 is 26.8 Å². The van der Waals surface area contributed by atoms with E-state index in [-0.39, 0.29) is 5.82 Å². The summed E-state index contributed by atoms with van der Waals surface area (Å²) < 4.78 is 16.4. The number of benzene rings is 2. The van der Waals surface area contributed by atoms with Crippen molar-refractivity contribution in [1.29, 1.82) is 0 Å². The van der Waals surface area contributed by atoms with Gasteiger partial charge in [0.1, 0.15) is 5.82 Å². The maximum Gasteiger partial charge on any atom is 0.137 e. The largest absolute Gasteiger partial charge is 0.343 e. The Balaban J connectivity index is 2.09. The molecule has 0 radical (unpaired) electrons. The molecule has 0 spiro atoms. The van der Waals surface area contributed by atoms with Gasteiger partial charge < -0.3 is 4.57 Å². The number of hydrogen-bond acceptors (Lipinski definition) is 0. The first kappa shape index (κ1) is 13.4. The van der Waals surface area contributed by atoms with Crippen molar-refractivity contribution in [3.8, 4) is 0 Å². The molecule has 1 heterocycles. The number of hydrogen-bond donors (Lipinski definition) is 0. The minimum atomic E-state index is -0.213. The molecule has 20 heavy (non-hydrogen) atoms. The van der Waals surface area contributed by atoms with Gasteiger partial charge in [-0.25, -0.2) is 4.39 Å². The van der Waals surface area contributed by atoms with E-state index in [0.29, 0.717) is 11.0 Å². The van der Waals surface area contributed by atoms with Crippen LogP contribution < -0.4 is 0 Å². The molecule has 0 aliphatic carbocycles. The molecule has 1 aromatic heterocycles. The average molecular weight is 332 g/mol. The van der Waals surface area contributed by atoms with Gasteiger partial charge in [0.25, 0.3) is 0 Å². The second kappa shape index (κ2) is 5.41. The van der Waals surface area contributed by atoms with Crippen LogP contribution in [0.15, 0.2) is 53.1 Å². The molecule has 0 unspecified atom stereocenters. The summed E-state index contributed by atoms with van der Waals surface area (Å²) in [5.74, 6) is -0.213. The molecule has 1 nitrogen and oxygen atoms in total. The number of rotatable bonds is 3. The Bertz CT molecular complexity index is 761. The van der Waals surface area contributed by atoms with Crippen LogP contribution in [0.4, 0.5) is 4.39 Å². The van der Waals surface area contributed by atoms with Gasteiger partial charge in [-0.05, 0) is 51.0 Å². The van der Waals surface area contributed by atoms with E-state index in [1.807, 2.05) is 6.07 Å². The second-order valence-corrected chi connectivity index (χ2v) is 5.66. The molecular formula is C17H15BrFN. The number of fused-ring (bicyclic) bond motifs is 1. The number of para-hydroxylation sites is 1. The highest BCUT2D eigenvalue weighted by atomic mass is 79.9. The van der Waals surface area contributed by atoms with Gasteiger partial charge in [-0.3, -0.25) is 0 Å². The van der Waals surface area contributed by atoms with E-state index in [9.17, 15) is 4.39 Å². The molecule has 0 N–H and O–H groups in total. The van der Waals surface area contributed by atoms with E-state index in [1.54, 1.807) is 6.07 Å². The van der Waals surface area contributed by atoms with Crippen molar-refractivity contribution in [3.05, 3.63) is 70.1 Å². The minimum absolute atomic E-state index is 0.213. The van der Waals surface area contributed by atoms with Crippen LogP contribution in [0.3, 0.4) is 0 Å². The zero-order chi connectivity index (χ0) is 14.1. The van der Waals surface area contributed by atoms with Crippen molar-refractivity contribution in [2.45, 2.75) is 19.9 Å². The minimum Gasteiger partial charge on any atom is -0.343 e. The summed E-state index contributed by atoms with van der Waals surface area (Å²) in [6, 6.07) is 13.6. The first-order chi connectivity index (χ1) is 9.70. The molecule has 0 aliphatic rings. The lowest BCUT2D eigenvalue weighted by Crippen LogP contribution is -2.01. The van der Waals surface area contributed by atoms with Gasteiger partial charge >= 0.3 is 0 Å². The molecule has 3 rings (SSSR count). The van der Waals surface area contributed by atoms with Gasteiger partial charge in [-0.1, -0.05) is 37.3 Å². The molecule has 3 aromatic rings. The number of aromatic nitrogens is 1. The fourth-order valence-electron chi connectivity index (χ4n) is 2.61. The van der Waals surface area contributed by atoms with Crippen molar-refractivity contribution in [1.82, 2.24) is 4.57 Å². The second-order valence-electron chi connectivity index (χ2n) is 4.87. The fourth-order valence-corrected chi connectivity index (χ4v) is 3.00. The predicted octanol–water partition coefficient (Wildman–Crippen LogP) is 5.15. The Morgan fingerprint density at radius 1 is 1.05 bits per heavy atom. The summed E-state index contributed by atoms with van der Waals surface area (Å²) in [5.41, 5.74) is 3.51. The van der Waals surface area contributed by atoms with Crippen LogP contribution in [0, 0.1) is 5.82 Å². The van der Waals surface area contributed by atoms with Gasteiger partial charge in [0.05, 0.1) is 9.99 Å². The molecule has 0 bridgehead atoms. The van der Waals surface area contributed by atoms with Crippen molar-refractivity contribution in [2.75, 3.05) is 0 Å². The first-order valence-corrected chi connectivity index (χ1v) is 7.49. The van der Waals surface area contributed by atoms with Gasteiger partial charge in [0, 0.05) is 12.7 Å². The molecule has 0 fully saturated rings. The molecule has 0 aliphatic heterocycles. The Morgan fingerprint density at radius 3 is 2.60 bits per heavy atom. The third kappa shape index (κ3) is 2.27. The van der Waals surface area contributed by atoms with E-state index >= 15 is 0 Å². The van der Waals surface area contributed by atoms with Crippen molar-refractivity contribution < 1.29 is 4.39 Å². The Hall–Kier alpha value is -1.61. The van der Waals surface area contributed by atoms with Crippen LogP contribution in [0.5, 0.6) is 0 Å². The molecule has 0 atom stereocenters. The van der Waals surface area contributed by atoms with E-state index in [2.05, 4.69) is 57.9 Å². The molecule has 0 saturated heterocycles. The van der Waals surface area contributed by atoms with Gasteiger partial charge in [0.15, 0.2) is 0 Å². The SMILES string of the molecule is CCc1cccc2ccn(Cc3cccc(F)c3Br)c12. The maximum atomic E-state index is 13.6. The number of nitrogens with zero attached hydrogens (tertiary/aromatic N) is 1. The third-order valence-corrected chi connectivity index (χ3v) is 4.51. The molecule has 3 heteroatoms. The van der Waals surface area contributed by atoms with E-state index in [4.69, 9.17) is 0 Å². The molecule has 0 amide bonds. The van der Waals surface area contributed by atoms with Gasteiger partial charge in [0.2, 0.25) is 0 Å². The maximum absolute atomic E-state index is 13.6. The Labute approximate surface area is 126 Å². The van der Waals surface area contributed by atoms with Crippen LogP contribution >= 0.6 is 15.9 Å². The third-order valence-electron chi connectivity index (χ3n) is 3.63. The number of halogens is 2. The van der Waals surface area contributed by atoms with E-state index < -0.39 is 0 Å². The van der Waals surface area contributed by atoms with Crippen LogP contribution in [0.25, 0.3) is 10.9 Å². The first-order valence-electron chi connectivity index (χ1n) is 6.70. The molecular weight excluding hydrogens is 317 g/mol. The number of aryl methyl sites for hydroxylation is 1. The molecule has 2 aromatic carbocycles. The van der Waals surface area contributed by atoms with E-state index in [1.165, 1.54) is 22.5 Å². The normalized spacial score (nSPS) is 11.2. The molecule has 102 valence electrons. The summed E-state index contributed by atoms with van der Waals surface area (Å²) in [6.45, 7) is 2.82. The molecule has 0 saturated carbocycles. The summed E-state index contributed by atoms with van der Waals surface area (Å²) in [5, 5.41) is 1.23. The van der Waals surface area contributed by atoms with Crippen LogP contribution in [0.2, 0.25) is 0 Å². The zero-order valence-corrected chi connectivity index (χ0v) is 12.8. The average Bonchev–Trinajstić information content (AvgIpc) is 2.87. The highest BCUT2D eigenvalue weighted by molar-refractivity contribution is 9.10. The highest BCUT2D eigenvalue weighted by Gasteiger charge is 2.09. The topological polar surface area (TPSA) is 4.93 Å². The Morgan fingerprint density at radius 2 is 1.80 bits per heavy atom. The lowest BCUT2D eigenvalue weighted by Gasteiger charge is -2.10. The van der Waals surface area contributed by atoms with E-state index in [0.717, 1.165) is 12.0 Å². The Kier molecular flexibility index (Phi) is 3.62. The smallest absolute Gasteiger partial charge is 0.137 e. The quantitative estimate of drug-likeness (QED) is 0.625. The zero-order valence-electron chi connectivity index (χ0n) is 11.2. The van der Waals surface area contributed by atoms with Crippen molar-refractivity contribution in [2.24, 2.45) is 0 Å². The van der Waals surface area contributed by atoms with Crippen LogP contribution in [-0.4, -0.2) is 4.57 Å². The lowest BCUT2D eigenvalue weighted by molar-refractivity contribution is 0.616. The summed E-state index contributed by atoms with van der Waals surface area (Å²) in [7, 11) is 0. The predicted molar refractivity (Wildman–Crippen MR) is 84.5 cm³/mol. The summed E-state index contributed by atoms with van der Waals surface area (Å²) in [6.07, 6.45) is 3.06. The van der Waals surface area contributed by atoms with Gasteiger partial charge in [-0.2, -0.15) is 0 Å². The monoisotopic (exact) mass is 331 g/mol. The summed E-state index contributed by atoms with van der Waals surface area (Å²) in [4.78, 5) is 0. The standard InChI is InChI=1S/C17H15BrFN/c1-2-12-5-3-6-13-9-10-20(17(12)13)11-14-7-4-8-15(19)16(14)18/h3-10H,2,11H2,1H3. The fraction of sp³-hybridized carbons (Fsp3) is 0.176. The summed E-state index contributed by atoms with van der Waals surface area (Å²) >= 11 is 3.34. The lowest BCUT2D eigenvalue weighted by atomic mass is 10.1. The van der Waals surface area contributed by atoms with Crippen LogP contribution in [0.1, 0.15) is 18.1 Å². The highest BCUT2D eigenvalue weighted by Crippen LogP contribution is 2.25. The van der Waals surface area contributed by atoms with Gasteiger partial charge in [-0.15, -0.1) is 0 Å². The van der Waals surface area contributed by atoms with Crippen molar-refractivity contribution in [3.63, 3.8) is 0 Å².